The topological polar surface area (TPSA) is 40.7 Å². The Morgan fingerprint density at radius 1 is 1.24 bits per heavy atom. The second kappa shape index (κ2) is 7.38. The summed E-state index contributed by atoms with van der Waals surface area (Å²) in [6.45, 7) is 1.09. The Morgan fingerprint density at radius 2 is 2.00 bits per heavy atom. The van der Waals surface area contributed by atoms with Crippen molar-refractivity contribution in [2.24, 2.45) is 0 Å². The van der Waals surface area contributed by atoms with Crippen LogP contribution < -0.4 is 5.32 Å². The molecular formula is C15H18BrClFN3. The Bertz CT molecular complexity index is 579. The molecule has 0 saturated carbocycles. The summed E-state index contributed by atoms with van der Waals surface area (Å²) in [6.07, 6.45) is 4.65. The first-order valence-electron chi connectivity index (χ1n) is 6.96. The molecule has 3 rings (SSSR count). The lowest BCUT2D eigenvalue weighted by Crippen LogP contribution is -2.35. The highest BCUT2D eigenvalue weighted by molar-refractivity contribution is 9.10. The maximum absolute atomic E-state index is 13.0. The zero-order valence-corrected chi connectivity index (χ0v) is 13.9. The van der Waals surface area contributed by atoms with Crippen molar-refractivity contribution in [2.45, 2.75) is 31.7 Å². The number of halogens is 3. The van der Waals surface area contributed by atoms with Crippen LogP contribution in [-0.2, 0) is 6.42 Å². The molecule has 2 aromatic rings. The molecule has 1 saturated heterocycles. The molecule has 1 fully saturated rings. The summed E-state index contributed by atoms with van der Waals surface area (Å²) in [7, 11) is 0. The first-order chi connectivity index (χ1) is 9.72. The van der Waals surface area contributed by atoms with Crippen molar-refractivity contribution in [2.75, 3.05) is 6.54 Å². The maximum Gasteiger partial charge on any atom is 0.123 e. The third-order valence-corrected chi connectivity index (χ3v) is 4.25. The number of aromatic nitrogens is 2. The smallest absolute Gasteiger partial charge is 0.123 e. The van der Waals surface area contributed by atoms with Gasteiger partial charge in [-0.2, -0.15) is 0 Å². The Kier molecular flexibility index (Phi) is 5.79. The van der Waals surface area contributed by atoms with Crippen LogP contribution >= 0.6 is 28.3 Å². The predicted octanol–water partition coefficient (Wildman–Crippen LogP) is 4.08. The van der Waals surface area contributed by atoms with E-state index < -0.39 is 0 Å². The van der Waals surface area contributed by atoms with Crippen molar-refractivity contribution >= 4 is 28.3 Å². The molecule has 1 unspecified atom stereocenters. The minimum atomic E-state index is -0.230. The minimum absolute atomic E-state index is 0. The van der Waals surface area contributed by atoms with E-state index in [9.17, 15) is 4.39 Å². The molecule has 1 atom stereocenters. The highest BCUT2D eigenvalue weighted by Gasteiger charge is 2.17. The van der Waals surface area contributed by atoms with Gasteiger partial charge in [0.25, 0.3) is 0 Å². The molecule has 0 aliphatic carbocycles. The van der Waals surface area contributed by atoms with E-state index in [-0.39, 0.29) is 18.2 Å². The number of hydrogen-bond acceptors (Lipinski definition) is 2. The maximum atomic E-state index is 13.0. The number of piperidine rings is 1. The van der Waals surface area contributed by atoms with Crippen LogP contribution in [0.4, 0.5) is 4.39 Å². The summed E-state index contributed by atoms with van der Waals surface area (Å²) < 4.78 is 13.8. The number of aromatic amines is 1. The van der Waals surface area contributed by atoms with Gasteiger partial charge in [-0.25, -0.2) is 9.37 Å². The zero-order valence-electron chi connectivity index (χ0n) is 11.5. The molecule has 0 spiro atoms. The number of imidazole rings is 1. The van der Waals surface area contributed by atoms with Gasteiger partial charge in [0.05, 0.1) is 0 Å². The van der Waals surface area contributed by atoms with E-state index in [0.29, 0.717) is 6.04 Å². The lowest BCUT2D eigenvalue weighted by atomic mass is 10.0. The lowest BCUT2D eigenvalue weighted by Gasteiger charge is -2.22. The molecule has 1 aliphatic heterocycles. The van der Waals surface area contributed by atoms with Crippen LogP contribution in [0.3, 0.4) is 0 Å². The monoisotopic (exact) mass is 373 g/mol. The van der Waals surface area contributed by atoms with Crippen molar-refractivity contribution in [1.29, 1.82) is 0 Å². The SMILES string of the molecule is Cl.Fc1ccc(-c2nc(CC3CCCCN3)[nH]c2Br)cc1. The molecule has 2 heterocycles. The normalized spacial score (nSPS) is 18.3. The minimum Gasteiger partial charge on any atom is -0.336 e. The molecule has 3 nitrogen and oxygen atoms in total. The van der Waals surface area contributed by atoms with Gasteiger partial charge in [-0.15, -0.1) is 12.4 Å². The number of nitrogens with one attached hydrogen (secondary N) is 2. The molecule has 1 aromatic heterocycles. The van der Waals surface area contributed by atoms with Crippen molar-refractivity contribution in [1.82, 2.24) is 15.3 Å². The Balaban J connectivity index is 0.00000161. The van der Waals surface area contributed by atoms with E-state index in [0.717, 1.165) is 34.7 Å². The molecule has 1 aromatic carbocycles. The third kappa shape index (κ3) is 4.05. The van der Waals surface area contributed by atoms with Crippen molar-refractivity contribution in [3.05, 3.63) is 40.5 Å². The number of H-pyrrole nitrogens is 1. The van der Waals surface area contributed by atoms with Crippen LogP contribution in [0.2, 0.25) is 0 Å². The average molecular weight is 375 g/mol. The number of benzene rings is 1. The predicted molar refractivity (Wildman–Crippen MR) is 88.3 cm³/mol. The van der Waals surface area contributed by atoms with Gasteiger partial charge >= 0.3 is 0 Å². The molecule has 114 valence electrons. The van der Waals surface area contributed by atoms with Gasteiger partial charge in [0.1, 0.15) is 21.9 Å². The van der Waals surface area contributed by atoms with Crippen molar-refractivity contribution < 1.29 is 4.39 Å². The number of nitrogens with zero attached hydrogens (tertiary/aromatic N) is 1. The van der Waals surface area contributed by atoms with Gasteiger partial charge in [-0.3, -0.25) is 0 Å². The van der Waals surface area contributed by atoms with Crippen molar-refractivity contribution in [3.8, 4) is 11.3 Å². The fourth-order valence-electron chi connectivity index (χ4n) is 2.63. The summed E-state index contributed by atoms with van der Waals surface area (Å²) in [5.41, 5.74) is 1.76. The van der Waals surface area contributed by atoms with E-state index in [1.165, 1.54) is 31.4 Å². The molecule has 6 heteroatoms. The fraction of sp³-hybridized carbons (Fsp3) is 0.400. The molecule has 21 heavy (non-hydrogen) atoms. The summed E-state index contributed by atoms with van der Waals surface area (Å²) in [4.78, 5) is 7.92. The summed E-state index contributed by atoms with van der Waals surface area (Å²) in [6, 6.07) is 6.91. The second-order valence-corrected chi connectivity index (χ2v) is 6.00. The Hall–Kier alpha value is -0.910. The Morgan fingerprint density at radius 3 is 2.67 bits per heavy atom. The first-order valence-corrected chi connectivity index (χ1v) is 7.75. The average Bonchev–Trinajstić information content (AvgIpc) is 2.81. The lowest BCUT2D eigenvalue weighted by molar-refractivity contribution is 0.395. The van der Waals surface area contributed by atoms with E-state index in [1.54, 1.807) is 12.1 Å². The highest BCUT2D eigenvalue weighted by atomic mass is 79.9. The van der Waals surface area contributed by atoms with E-state index in [2.05, 4.69) is 31.2 Å². The van der Waals surface area contributed by atoms with Gasteiger partial charge in [-0.1, -0.05) is 6.42 Å². The number of rotatable bonds is 3. The van der Waals surface area contributed by atoms with Crippen LogP contribution in [0, 0.1) is 5.82 Å². The van der Waals surface area contributed by atoms with Crippen molar-refractivity contribution in [3.63, 3.8) is 0 Å². The van der Waals surface area contributed by atoms with Crippen LogP contribution in [0.25, 0.3) is 11.3 Å². The molecule has 1 aliphatic rings. The molecular weight excluding hydrogens is 357 g/mol. The van der Waals surface area contributed by atoms with E-state index in [4.69, 9.17) is 0 Å². The van der Waals surface area contributed by atoms with E-state index >= 15 is 0 Å². The summed E-state index contributed by atoms with van der Waals surface area (Å²) in [5, 5.41) is 3.52. The standard InChI is InChI=1S/C15H17BrFN3.ClH/c16-15-14(10-4-6-11(17)7-5-10)19-13(20-15)9-12-3-1-2-8-18-12;/h4-7,12,18H,1-3,8-9H2,(H,19,20);1H. The summed E-state index contributed by atoms with van der Waals surface area (Å²) in [5.74, 6) is 0.739. The Labute approximate surface area is 138 Å². The van der Waals surface area contributed by atoms with Crippen LogP contribution in [0.15, 0.2) is 28.9 Å². The van der Waals surface area contributed by atoms with E-state index in [1.807, 2.05) is 0 Å². The highest BCUT2D eigenvalue weighted by Crippen LogP contribution is 2.26. The molecule has 0 amide bonds. The molecule has 2 N–H and O–H groups in total. The van der Waals surface area contributed by atoms with Crippen LogP contribution in [-0.4, -0.2) is 22.6 Å². The quantitative estimate of drug-likeness (QED) is 0.850. The van der Waals surface area contributed by atoms with Crippen LogP contribution in [0.5, 0.6) is 0 Å². The second-order valence-electron chi connectivity index (χ2n) is 5.20. The fourth-order valence-corrected chi connectivity index (χ4v) is 3.17. The molecule has 0 radical (unpaired) electrons. The van der Waals surface area contributed by atoms with Gasteiger partial charge in [0.2, 0.25) is 0 Å². The van der Waals surface area contributed by atoms with Gasteiger partial charge < -0.3 is 10.3 Å². The largest absolute Gasteiger partial charge is 0.336 e. The first kappa shape index (κ1) is 16.5. The van der Waals surface area contributed by atoms with Gasteiger partial charge in [0, 0.05) is 18.0 Å². The van der Waals surface area contributed by atoms with Gasteiger partial charge in [0.15, 0.2) is 0 Å². The molecule has 0 bridgehead atoms. The summed E-state index contributed by atoms with van der Waals surface area (Å²) >= 11 is 3.50. The van der Waals surface area contributed by atoms with Gasteiger partial charge in [-0.05, 0) is 59.6 Å². The van der Waals surface area contributed by atoms with Crippen LogP contribution in [0.1, 0.15) is 25.1 Å². The zero-order chi connectivity index (χ0) is 13.9. The number of hydrogen-bond donors (Lipinski definition) is 2. The third-order valence-electron chi connectivity index (χ3n) is 3.68.